The molecule has 1 rings (SSSR count). The predicted octanol–water partition coefficient (Wildman–Crippen LogP) is 4.05. The zero-order chi connectivity index (χ0) is 14.4. The fourth-order valence-corrected chi connectivity index (χ4v) is 2.56. The van der Waals surface area contributed by atoms with Gasteiger partial charge >= 0.3 is 0 Å². The Bertz CT molecular complexity index is 407. The van der Waals surface area contributed by atoms with Gasteiger partial charge in [-0.2, -0.15) is 0 Å². The van der Waals surface area contributed by atoms with Gasteiger partial charge in [-0.05, 0) is 31.0 Å². The zero-order valence-electron chi connectivity index (χ0n) is 12.4. The van der Waals surface area contributed by atoms with Crippen LogP contribution in [0.4, 0.5) is 0 Å². The summed E-state index contributed by atoms with van der Waals surface area (Å²) in [6.07, 6.45) is 1.03. The van der Waals surface area contributed by atoms with Crippen molar-refractivity contribution < 1.29 is 9.47 Å². The van der Waals surface area contributed by atoms with E-state index in [1.54, 1.807) is 14.2 Å². The molecule has 0 amide bonds. The number of rotatable bonds is 7. The van der Waals surface area contributed by atoms with Gasteiger partial charge in [0.15, 0.2) is 0 Å². The van der Waals surface area contributed by atoms with Crippen molar-refractivity contribution in [3.8, 4) is 11.5 Å². The summed E-state index contributed by atoms with van der Waals surface area (Å²) in [7, 11) is 3.25. The molecule has 0 heterocycles. The highest BCUT2D eigenvalue weighted by molar-refractivity contribution is 6.33. The van der Waals surface area contributed by atoms with Gasteiger partial charge in [0.2, 0.25) is 0 Å². The Morgan fingerprint density at radius 1 is 1.21 bits per heavy atom. The third-order valence-electron chi connectivity index (χ3n) is 3.05. The Morgan fingerprint density at radius 3 is 2.37 bits per heavy atom. The molecule has 0 aliphatic heterocycles. The molecule has 19 heavy (non-hydrogen) atoms. The molecule has 0 aromatic heterocycles. The second kappa shape index (κ2) is 7.61. The third kappa shape index (κ3) is 4.02. The van der Waals surface area contributed by atoms with E-state index in [2.05, 4.69) is 26.1 Å². The molecule has 0 bridgehead atoms. The van der Waals surface area contributed by atoms with Crippen LogP contribution in [0.3, 0.4) is 0 Å². The van der Waals surface area contributed by atoms with Crippen molar-refractivity contribution in [2.75, 3.05) is 20.8 Å². The van der Waals surface area contributed by atoms with E-state index in [-0.39, 0.29) is 6.04 Å². The molecule has 0 spiro atoms. The van der Waals surface area contributed by atoms with Gasteiger partial charge in [-0.25, -0.2) is 0 Å². The highest BCUT2D eigenvalue weighted by atomic mass is 35.5. The second-order valence-corrected chi connectivity index (χ2v) is 5.32. The van der Waals surface area contributed by atoms with Crippen molar-refractivity contribution in [3.63, 3.8) is 0 Å². The van der Waals surface area contributed by atoms with Gasteiger partial charge < -0.3 is 14.8 Å². The largest absolute Gasteiger partial charge is 0.495 e. The number of benzene rings is 1. The van der Waals surface area contributed by atoms with E-state index in [0.717, 1.165) is 18.5 Å². The molecule has 0 saturated carbocycles. The van der Waals surface area contributed by atoms with E-state index in [4.69, 9.17) is 21.1 Å². The lowest BCUT2D eigenvalue weighted by molar-refractivity contribution is 0.374. The Balaban J connectivity index is 3.18. The van der Waals surface area contributed by atoms with Crippen molar-refractivity contribution >= 4 is 11.6 Å². The first-order valence-corrected chi connectivity index (χ1v) is 7.06. The van der Waals surface area contributed by atoms with Gasteiger partial charge in [0, 0.05) is 11.6 Å². The first-order valence-electron chi connectivity index (χ1n) is 6.68. The second-order valence-electron chi connectivity index (χ2n) is 4.94. The first kappa shape index (κ1) is 16.1. The van der Waals surface area contributed by atoms with Crippen molar-refractivity contribution in [1.82, 2.24) is 5.32 Å². The van der Waals surface area contributed by atoms with Crippen LogP contribution in [0.15, 0.2) is 12.1 Å². The lowest BCUT2D eigenvalue weighted by Gasteiger charge is -2.23. The summed E-state index contributed by atoms with van der Waals surface area (Å²) in [5, 5.41) is 4.03. The standard InChI is InChI=1S/C15H24ClNO2/c1-6-17-12(9-10(2)3)11-7-8-13(18-4)14(16)15(11)19-5/h7-8,10,12,17H,6,9H2,1-5H3. The Kier molecular flexibility index (Phi) is 6.46. The first-order chi connectivity index (χ1) is 9.04. The third-order valence-corrected chi connectivity index (χ3v) is 3.41. The molecule has 1 atom stereocenters. The van der Waals surface area contributed by atoms with Crippen LogP contribution < -0.4 is 14.8 Å². The minimum absolute atomic E-state index is 0.239. The maximum absolute atomic E-state index is 6.32. The maximum Gasteiger partial charge on any atom is 0.146 e. The minimum Gasteiger partial charge on any atom is -0.495 e. The fourth-order valence-electron chi connectivity index (χ4n) is 2.23. The molecule has 1 aromatic rings. The van der Waals surface area contributed by atoms with Crippen LogP contribution in [0.1, 0.15) is 38.8 Å². The number of nitrogens with one attached hydrogen (secondary N) is 1. The van der Waals surface area contributed by atoms with Gasteiger partial charge in [-0.15, -0.1) is 0 Å². The van der Waals surface area contributed by atoms with Gasteiger partial charge in [0.1, 0.15) is 16.5 Å². The predicted molar refractivity (Wildman–Crippen MR) is 80.4 cm³/mol. The van der Waals surface area contributed by atoms with Gasteiger partial charge in [-0.3, -0.25) is 0 Å². The van der Waals surface area contributed by atoms with Gasteiger partial charge in [0.05, 0.1) is 14.2 Å². The van der Waals surface area contributed by atoms with E-state index >= 15 is 0 Å². The summed E-state index contributed by atoms with van der Waals surface area (Å²) >= 11 is 6.32. The molecule has 1 N–H and O–H groups in total. The minimum atomic E-state index is 0.239. The zero-order valence-corrected chi connectivity index (χ0v) is 13.2. The number of ether oxygens (including phenoxy) is 2. The summed E-state index contributed by atoms with van der Waals surface area (Å²) in [4.78, 5) is 0. The van der Waals surface area contributed by atoms with Crippen LogP contribution in [-0.4, -0.2) is 20.8 Å². The Hall–Kier alpha value is -0.930. The molecule has 0 aliphatic rings. The number of hydrogen-bond acceptors (Lipinski definition) is 3. The summed E-state index contributed by atoms with van der Waals surface area (Å²) in [5.74, 6) is 1.93. The Morgan fingerprint density at radius 2 is 1.89 bits per heavy atom. The van der Waals surface area contributed by atoms with E-state index in [1.165, 1.54) is 0 Å². The molecule has 4 heteroatoms. The van der Waals surface area contributed by atoms with E-state index in [9.17, 15) is 0 Å². The highest BCUT2D eigenvalue weighted by Gasteiger charge is 2.20. The molecular formula is C15H24ClNO2. The Labute approximate surface area is 121 Å². The summed E-state index contributed by atoms with van der Waals surface area (Å²) < 4.78 is 10.7. The SMILES string of the molecule is CCNC(CC(C)C)c1ccc(OC)c(Cl)c1OC. The van der Waals surface area contributed by atoms with Crippen LogP contribution in [0.25, 0.3) is 0 Å². The van der Waals surface area contributed by atoms with Crippen molar-refractivity contribution in [2.24, 2.45) is 5.92 Å². The summed E-state index contributed by atoms with van der Waals surface area (Å²) in [6.45, 7) is 7.43. The molecule has 0 saturated heterocycles. The van der Waals surface area contributed by atoms with Crippen LogP contribution >= 0.6 is 11.6 Å². The average molecular weight is 286 g/mol. The topological polar surface area (TPSA) is 30.5 Å². The van der Waals surface area contributed by atoms with E-state index in [1.807, 2.05) is 12.1 Å². The monoisotopic (exact) mass is 285 g/mol. The molecule has 0 aliphatic carbocycles. The average Bonchev–Trinajstić information content (AvgIpc) is 2.37. The molecule has 3 nitrogen and oxygen atoms in total. The van der Waals surface area contributed by atoms with Gasteiger partial charge in [0.25, 0.3) is 0 Å². The number of methoxy groups -OCH3 is 2. The maximum atomic E-state index is 6.32. The van der Waals surface area contributed by atoms with Crippen LogP contribution in [-0.2, 0) is 0 Å². The smallest absolute Gasteiger partial charge is 0.146 e. The summed E-state index contributed by atoms with van der Waals surface area (Å²) in [6, 6.07) is 4.16. The normalized spacial score (nSPS) is 12.6. The molecule has 0 radical (unpaired) electrons. The quantitative estimate of drug-likeness (QED) is 0.820. The van der Waals surface area contributed by atoms with E-state index < -0.39 is 0 Å². The summed E-state index contributed by atoms with van der Waals surface area (Å²) in [5.41, 5.74) is 1.09. The lowest BCUT2D eigenvalue weighted by atomic mass is 9.96. The highest BCUT2D eigenvalue weighted by Crippen LogP contribution is 2.40. The van der Waals surface area contributed by atoms with E-state index in [0.29, 0.717) is 22.4 Å². The fraction of sp³-hybridized carbons (Fsp3) is 0.600. The van der Waals surface area contributed by atoms with Crippen molar-refractivity contribution in [1.29, 1.82) is 0 Å². The van der Waals surface area contributed by atoms with Crippen LogP contribution in [0.2, 0.25) is 5.02 Å². The lowest BCUT2D eigenvalue weighted by Crippen LogP contribution is -2.23. The number of halogens is 1. The van der Waals surface area contributed by atoms with Crippen LogP contribution in [0.5, 0.6) is 11.5 Å². The number of hydrogen-bond donors (Lipinski definition) is 1. The molecule has 1 unspecified atom stereocenters. The molecule has 108 valence electrons. The van der Waals surface area contributed by atoms with Gasteiger partial charge in [-0.1, -0.05) is 32.4 Å². The molecule has 1 aromatic carbocycles. The van der Waals surface area contributed by atoms with Crippen molar-refractivity contribution in [3.05, 3.63) is 22.7 Å². The van der Waals surface area contributed by atoms with Crippen LogP contribution in [0, 0.1) is 5.92 Å². The van der Waals surface area contributed by atoms with Crippen molar-refractivity contribution in [2.45, 2.75) is 33.2 Å². The molecular weight excluding hydrogens is 262 g/mol. The molecule has 0 fully saturated rings.